The summed E-state index contributed by atoms with van der Waals surface area (Å²) < 4.78 is 5.58. The average molecular weight is 229 g/mol. The molecule has 0 aromatic carbocycles. The fraction of sp³-hybridized carbons (Fsp3) is 0.636. The fourth-order valence-electron chi connectivity index (χ4n) is 1.06. The molecule has 15 heavy (non-hydrogen) atoms. The zero-order chi connectivity index (χ0) is 11.3. The van der Waals surface area contributed by atoms with Crippen LogP contribution in [-0.2, 0) is 17.1 Å². The summed E-state index contributed by atoms with van der Waals surface area (Å²) in [5.41, 5.74) is 2.72. The van der Waals surface area contributed by atoms with E-state index in [4.69, 9.17) is 9.25 Å². The average Bonchev–Trinajstić information content (AvgIpc) is 2.51. The minimum Gasteiger partial charge on any atom is -0.464 e. The first-order valence-corrected chi connectivity index (χ1v) is 6.38. The maximum absolute atomic E-state index is 5.58. The Balaban J connectivity index is 2.31. The molecular formula is C11H19NO2S. The van der Waals surface area contributed by atoms with Gasteiger partial charge >= 0.3 is 0 Å². The number of thioether (sulfide) groups is 1. The molecule has 1 aromatic rings. The van der Waals surface area contributed by atoms with E-state index in [0.29, 0.717) is 6.54 Å². The van der Waals surface area contributed by atoms with E-state index in [-0.39, 0.29) is 5.60 Å². The zero-order valence-corrected chi connectivity index (χ0v) is 10.6. The standard InChI is InChI=1S/C11H19NO2S/c1-11(2,3)14-12-7-9-5-6-10(13-9)8-15-4/h5-6,12H,7-8H2,1-4H3. The lowest BCUT2D eigenvalue weighted by atomic mass is 10.2. The molecule has 0 atom stereocenters. The molecule has 0 aliphatic carbocycles. The van der Waals surface area contributed by atoms with Gasteiger partial charge in [-0.2, -0.15) is 17.2 Å². The topological polar surface area (TPSA) is 34.4 Å². The highest BCUT2D eigenvalue weighted by Gasteiger charge is 2.10. The number of rotatable bonds is 5. The molecule has 0 saturated carbocycles. The molecule has 3 nitrogen and oxygen atoms in total. The van der Waals surface area contributed by atoms with Gasteiger partial charge in [-0.05, 0) is 39.2 Å². The zero-order valence-electron chi connectivity index (χ0n) is 9.79. The molecule has 0 radical (unpaired) electrons. The molecule has 0 aliphatic rings. The summed E-state index contributed by atoms with van der Waals surface area (Å²) in [5, 5.41) is 0. The van der Waals surface area contributed by atoms with Gasteiger partial charge in [0.05, 0.1) is 17.9 Å². The SMILES string of the molecule is CSCc1ccc(CNOC(C)(C)C)o1. The molecule has 1 aromatic heterocycles. The third-order valence-corrected chi connectivity index (χ3v) is 2.20. The second kappa shape index (κ2) is 5.58. The van der Waals surface area contributed by atoms with Crippen LogP contribution in [0.25, 0.3) is 0 Å². The smallest absolute Gasteiger partial charge is 0.120 e. The van der Waals surface area contributed by atoms with Crippen molar-refractivity contribution in [2.24, 2.45) is 0 Å². The highest BCUT2D eigenvalue weighted by molar-refractivity contribution is 7.97. The number of hydrogen-bond acceptors (Lipinski definition) is 4. The predicted molar refractivity (Wildman–Crippen MR) is 63.6 cm³/mol. The second-order valence-corrected chi connectivity index (χ2v) is 5.20. The van der Waals surface area contributed by atoms with Crippen LogP contribution in [0.5, 0.6) is 0 Å². The van der Waals surface area contributed by atoms with Crippen LogP contribution in [-0.4, -0.2) is 11.9 Å². The van der Waals surface area contributed by atoms with Crippen molar-refractivity contribution in [1.82, 2.24) is 5.48 Å². The maximum Gasteiger partial charge on any atom is 0.120 e. The first-order chi connectivity index (χ1) is 7.01. The molecular weight excluding hydrogens is 210 g/mol. The summed E-state index contributed by atoms with van der Waals surface area (Å²) in [7, 11) is 0. The fourth-order valence-corrected chi connectivity index (χ4v) is 1.50. The molecule has 0 spiro atoms. The van der Waals surface area contributed by atoms with Gasteiger partial charge in [0.15, 0.2) is 0 Å². The minimum atomic E-state index is -0.172. The van der Waals surface area contributed by atoms with Crippen molar-refractivity contribution in [3.8, 4) is 0 Å². The van der Waals surface area contributed by atoms with Crippen LogP contribution in [0.1, 0.15) is 32.3 Å². The van der Waals surface area contributed by atoms with Gasteiger partial charge in [-0.25, -0.2) is 0 Å². The van der Waals surface area contributed by atoms with Crippen molar-refractivity contribution in [2.75, 3.05) is 6.26 Å². The Labute approximate surface area is 95.5 Å². The van der Waals surface area contributed by atoms with Crippen LogP contribution >= 0.6 is 11.8 Å². The Bertz CT molecular complexity index is 291. The lowest BCUT2D eigenvalue weighted by molar-refractivity contribution is -0.0775. The van der Waals surface area contributed by atoms with E-state index in [1.165, 1.54) is 0 Å². The summed E-state index contributed by atoms with van der Waals surface area (Å²) in [4.78, 5) is 5.39. The minimum absolute atomic E-state index is 0.172. The normalized spacial score (nSPS) is 12.0. The Morgan fingerprint density at radius 3 is 2.60 bits per heavy atom. The van der Waals surface area contributed by atoms with Gasteiger partial charge in [-0.1, -0.05) is 0 Å². The number of hydrogen-bond donors (Lipinski definition) is 1. The number of furan rings is 1. The van der Waals surface area contributed by atoms with E-state index in [2.05, 4.69) is 11.7 Å². The second-order valence-electron chi connectivity index (χ2n) is 4.34. The van der Waals surface area contributed by atoms with Crippen molar-refractivity contribution in [3.05, 3.63) is 23.7 Å². The van der Waals surface area contributed by atoms with Gasteiger partial charge in [-0.15, -0.1) is 0 Å². The van der Waals surface area contributed by atoms with E-state index in [0.717, 1.165) is 17.3 Å². The summed E-state index contributed by atoms with van der Waals surface area (Å²) in [6.45, 7) is 6.61. The van der Waals surface area contributed by atoms with Crippen molar-refractivity contribution in [1.29, 1.82) is 0 Å². The van der Waals surface area contributed by atoms with E-state index in [9.17, 15) is 0 Å². The summed E-state index contributed by atoms with van der Waals surface area (Å²) in [5.74, 6) is 2.83. The van der Waals surface area contributed by atoms with Gasteiger partial charge in [-0.3, -0.25) is 4.84 Å². The van der Waals surface area contributed by atoms with Crippen LogP contribution in [0.15, 0.2) is 16.5 Å². The molecule has 0 bridgehead atoms. The van der Waals surface area contributed by atoms with Crippen molar-refractivity contribution < 1.29 is 9.25 Å². The molecule has 0 amide bonds. The van der Waals surface area contributed by atoms with Crippen LogP contribution < -0.4 is 5.48 Å². The van der Waals surface area contributed by atoms with E-state index >= 15 is 0 Å². The first kappa shape index (κ1) is 12.6. The van der Waals surface area contributed by atoms with Gasteiger partial charge in [0, 0.05) is 0 Å². The lowest BCUT2D eigenvalue weighted by Gasteiger charge is -2.18. The van der Waals surface area contributed by atoms with Crippen LogP contribution in [0.4, 0.5) is 0 Å². The van der Waals surface area contributed by atoms with E-state index < -0.39 is 0 Å². The summed E-state index contributed by atoms with van der Waals surface area (Å²) in [6, 6.07) is 3.98. The number of nitrogens with one attached hydrogen (secondary N) is 1. The number of hydroxylamine groups is 1. The highest BCUT2D eigenvalue weighted by atomic mass is 32.2. The highest BCUT2D eigenvalue weighted by Crippen LogP contribution is 2.13. The van der Waals surface area contributed by atoms with Gasteiger partial charge < -0.3 is 4.42 Å². The Hall–Kier alpha value is -0.450. The van der Waals surface area contributed by atoms with Crippen LogP contribution in [0.3, 0.4) is 0 Å². The first-order valence-electron chi connectivity index (χ1n) is 4.98. The molecule has 0 saturated heterocycles. The van der Waals surface area contributed by atoms with Crippen LogP contribution in [0, 0.1) is 0 Å². The Morgan fingerprint density at radius 2 is 2.00 bits per heavy atom. The molecule has 0 fully saturated rings. The third kappa shape index (κ3) is 5.25. The quantitative estimate of drug-likeness (QED) is 0.787. The van der Waals surface area contributed by atoms with Gasteiger partial charge in [0.2, 0.25) is 0 Å². The van der Waals surface area contributed by atoms with Crippen molar-refractivity contribution >= 4 is 11.8 Å². The van der Waals surface area contributed by atoms with Crippen LogP contribution in [0.2, 0.25) is 0 Å². The maximum atomic E-state index is 5.58. The van der Waals surface area contributed by atoms with Crippen molar-refractivity contribution in [2.45, 2.75) is 38.7 Å². The molecule has 0 aliphatic heterocycles. The summed E-state index contributed by atoms with van der Waals surface area (Å²) in [6.07, 6.45) is 2.06. The monoisotopic (exact) mass is 229 g/mol. The predicted octanol–water partition coefficient (Wildman–Crippen LogP) is 2.96. The third-order valence-electron chi connectivity index (χ3n) is 1.63. The van der Waals surface area contributed by atoms with Gasteiger partial charge in [0.25, 0.3) is 0 Å². The van der Waals surface area contributed by atoms with E-state index in [1.807, 2.05) is 32.9 Å². The van der Waals surface area contributed by atoms with Gasteiger partial charge in [0.1, 0.15) is 11.5 Å². The molecule has 1 rings (SSSR count). The largest absolute Gasteiger partial charge is 0.464 e. The van der Waals surface area contributed by atoms with E-state index in [1.54, 1.807) is 11.8 Å². The molecule has 86 valence electrons. The Kier molecular flexibility index (Phi) is 4.70. The Morgan fingerprint density at radius 1 is 1.33 bits per heavy atom. The molecule has 1 N–H and O–H groups in total. The molecule has 4 heteroatoms. The lowest BCUT2D eigenvalue weighted by Crippen LogP contribution is -2.28. The van der Waals surface area contributed by atoms with Crippen molar-refractivity contribution in [3.63, 3.8) is 0 Å². The molecule has 0 unspecified atom stereocenters. The molecule has 1 heterocycles. The summed E-state index contributed by atoms with van der Waals surface area (Å²) >= 11 is 1.75.